The molecule has 7 nitrogen and oxygen atoms in total. The number of benzene rings is 1. The molecule has 0 spiro atoms. The molecule has 29 heavy (non-hydrogen) atoms. The molecular weight excluding hydrogens is 412 g/mol. The quantitative estimate of drug-likeness (QED) is 0.367. The Morgan fingerprint density at radius 3 is 2.34 bits per heavy atom. The first-order valence-electron chi connectivity index (χ1n) is 9.17. The molecule has 0 amide bonds. The van der Waals surface area contributed by atoms with Crippen LogP contribution in [0.25, 0.3) is 0 Å². The van der Waals surface area contributed by atoms with Crippen LogP contribution in [0.3, 0.4) is 0 Å². The highest BCUT2D eigenvalue weighted by molar-refractivity contribution is 8.38. The molecule has 3 atom stereocenters. The van der Waals surface area contributed by atoms with E-state index in [9.17, 15) is 9.59 Å². The smallest absolute Gasteiger partial charge is 0.338 e. The number of hydrogen-bond acceptors (Lipinski definition) is 9. The fourth-order valence-electron chi connectivity index (χ4n) is 3.27. The van der Waals surface area contributed by atoms with Gasteiger partial charge in [0, 0.05) is 5.56 Å². The van der Waals surface area contributed by atoms with Gasteiger partial charge in [0.2, 0.25) is 11.1 Å². The van der Waals surface area contributed by atoms with Gasteiger partial charge in [-0.3, -0.25) is 0 Å². The first kappa shape index (κ1) is 23.3. The van der Waals surface area contributed by atoms with Crippen molar-refractivity contribution < 1.29 is 23.8 Å². The van der Waals surface area contributed by atoms with E-state index in [2.05, 4.69) is 4.99 Å². The van der Waals surface area contributed by atoms with Crippen LogP contribution in [-0.2, 0) is 29.4 Å². The summed E-state index contributed by atoms with van der Waals surface area (Å²) in [5, 5.41) is 0. The number of esters is 2. The molecule has 0 fully saturated rings. The van der Waals surface area contributed by atoms with Crippen molar-refractivity contribution in [3.63, 3.8) is 0 Å². The number of nitrogens with zero attached hydrogens (tertiary/aromatic N) is 2. The molecule has 1 aliphatic rings. The van der Waals surface area contributed by atoms with E-state index in [1.807, 2.05) is 18.6 Å². The van der Waals surface area contributed by atoms with E-state index in [1.165, 1.54) is 29.9 Å². The molecule has 0 radical (unpaired) electrons. The van der Waals surface area contributed by atoms with Crippen LogP contribution >= 0.6 is 23.5 Å². The molecule has 2 rings (SSSR count). The molecule has 1 aromatic carbocycles. The summed E-state index contributed by atoms with van der Waals surface area (Å²) < 4.78 is 17.3. The Bertz CT molecular complexity index is 780. The Labute approximate surface area is 179 Å². The summed E-state index contributed by atoms with van der Waals surface area (Å²) in [5.41, 5.74) is -2.57. The van der Waals surface area contributed by atoms with E-state index >= 15 is 0 Å². The van der Waals surface area contributed by atoms with Gasteiger partial charge in [-0.05, 0) is 33.3 Å². The predicted molar refractivity (Wildman–Crippen MR) is 118 cm³/mol. The van der Waals surface area contributed by atoms with Gasteiger partial charge in [0.05, 0.1) is 13.2 Å². The van der Waals surface area contributed by atoms with Crippen molar-refractivity contribution in [3.05, 3.63) is 35.9 Å². The molecule has 1 heterocycles. The van der Waals surface area contributed by atoms with Crippen LogP contribution in [0.4, 0.5) is 0 Å². The highest BCUT2D eigenvalue weighted by Crippen LogP contribution is 2.47. The SMILES string of the molecule is CCOC(=O)[C@H]1N=CO[C@]1(c1ccccc1)[C@@](C)(N=C(SC)SC)C(=O)OCC. The number of carbonyl (C=O) groups excluding carboxylic acids is 2. The van der Waals surface area contributed by atoms with Crippen molar-refractivity contribution >= 4 is 46.2 Å². The number of rotatable bonds is 7. The number of hydrogen-bond donors (Lipinski definition) is 0. The maximum absolute atomic E-state index is 13.3. The van der Waals surface area contributed by atoms with Gasteiger partial charge in [-0.15, -0.1) is 23.5 Å². The predicted octanol–water partition coefficient (Wildman–Crippen LogP) is 3.28. The van der Waals surface area contributed by atoms with E-state index in [-0.39, 0.29) is 13.2 Å². The normalized spacial score (nSPS) is 22.3. The van der Waals surface area contributed by atoms with Crippen LogP contribution in [0.1, 0.15) is 26.3 Å². The van der Waals surface area contributed by atoms with Crippen molar-refractivity contribution in [2.45, 2.75) is 38.0 Å². The fraction of sp³-hybridized carbons (Fsp3) is 0.500. The summed E-state index contributed by atoms with van der Waals surface area (Å²) in [6.07, 6.45) is 4.93. The van der Waals surface area contributed by atoms with Gasteiger partial charge in [-0.1, -0.05) is 30.3 Å². The van der Waals surface area contributed by atoms with Gasteiger partial charge in [-0.25, -0.2) is 19.6 Å². The topological polar surface area (TPSA) is 86.5 Å². The molecule has 1 aromatic rings. The highest BCUT2D eigenvalue weighted by atomic mass is 32.2. The largest absolute Gasteiger partial charge is 0.466 e. The van der Waals surface area contributed by atoms with E-state index in [0.29, 0.717) is 9.94 Å². The van der Waals surface area contributed by atoms with E-state index in [0.717, 1.165) is 0 Å². The number of ether oxygens (including phenoxy) is 3. The zero-order valence-corrected chi connectivity index (χ0v) is 18.8. The summed E-state index contributed by atoms with van der Waals surface area (Å²) >= 11 is 2.79. The second-order valence-corrected chi connectivity index (χ2v) is 8.06. The van der Waals surface area contributed by atoms with Gasteiger partial charge >= 0.3 is 11.9 Å². The zero-order chi connectivity index (χ0) is 21.5. The Balaban J connectivity index is 2.80. The van der Waals surface area contributed by atoms with Crippen LogP contribution in [-0.4, -0.2) is 60.0 Å². The first-order valence-corrected chi connectivity index (χ1v) is 11.6. The molecule has 0 unspecified atom stereocenters. The van der Waals surface area contributed by atoms with E-state index in [4.69, 9.17) is 19.2 Å². The van der Waals surface area contributed by atoms with Crippen LogP contribution in [0.5, 0.6) is 0 Å². The molecule has 0 aliphatic carbocycles. The van der Waals surface area contributed by atoms with Crippen LogP contribution in [0.15, 0.2) is 40.3 Å². The van der Waals surface area contributed by atoms with Crippen molar-refractivity contribution in [1.29, 1.82) is 0 Å². The zero-order valence-electron chi connectivity index (χ0n) is 17.2. The summed E-state index contributed by atoms with van der Waals surface area (Å²) in [7, 11) is 0. The van der Waals surface area contributed by atoms with Gasteiger partial charge in [-0.2, -0.15) is 0 Å². The minimum Gasteiger partial charge on any atom is -0.466 e. The van der Waals surface area contributed by atoms with Gasteiger partial charge in [0.15, 0.2) is 12.4 Å². The summed E-state index contributed by atoms with van der Waals surface area (Å²) in [5.74, 6) is -1.20. The van der Waals surface area contributed by atoms with Crippen molar-refractivity contribution in [1.82, 2.24) is 0 Å². The standard InChI is InChI=1S/C20H26N2O5S2/c1-6-25-16(23)15-20(27-13-21-15,14-11-9-8-10-12-14)19(3,17(24)26-7-2)22-18(28-4)29-5/h8-13,15H,6-7H2,1-5H3/t15-,19+,20+/m1/s1. The second-order valence-electron chi connectivity index (χ2n) is 6.21. The monoisotopic (exact) mass is 438 g/mol. The molecule has 0 bridgehead atoms. The molecule has 158 valence electrons. The molecule has 0 aromatic heterocycles. The fourth-order valence-corrected chi connectivity index (χ4v) is 4.49. The van der Waals surface area contributed by atoms with E-state index < -0.39 is 29.1 Å². The average molecular weight is 439 g/mol. The van der Waals surface area contributed by atoms with Crippen molar-refractivity contribution in [2.75, 3.05) is 25.7 Å². The Kier molecular flexibility index (Phi) is 8.15. The summed E-state index contributed by atoms with van der Waals surface area (Å²) in [6, 6.07) is 7.90. The van der Waals surface area contributed by atoms with Gasteiger partial charge < -0.3 is 14.2 Å². The number of carbonyl (C=O) groups is 2. The minimum absolute atomic E-state index is 0.160. The lowest BCUT2D eigenvalue weighted by molar-refractivity contribution is -0.165. The molecule has 0 saturated carbocycles. The third-order valence-corrected chi connectivity index (χ3v) is 6.49. The molecular formula is C20H26N2O5S2. The maximum atomic E-state index is 13.3. The van der Waals surface area contributed by atoms with Crippen LogP contribution in [0, 0.1) is 0 Å². The van der Waals surface area contributed by atoms with Crippen LogP contribution in [0.2, 0.25) is 0 Å². The van der Waals surface area contributed by atoms with E-state index in [1.54, 1.807) is 45.0 Å². The maximum Gasteiger partial charge on any atom is 0.338 e. The van der Waals surface area contributed by atoms with Crippen LogP contribution < -0.4 is 0 Å². The first-order chi connectivity index (χ1) is 13.9. The molecule has 9 heteroatoms. The Morgan fingerprint density at radius 2 is 1.79 bits per heavy atom. The van der Waals surface area contributed by atoms with Gasteiger partial charge in [0.1, 0.15) is 4.38 Å². The Hall–Kier alpha value is -2.00. The molecule has 0 N–H and O–H groups in total. The van der Waals surface area contributed by atoms with Crippen molar-refractivity contribution in [2.24, 2.45) is 9.98 Å². The third-order valence-electron chi connectivity index (χ3n) is 4.61. The summed E-state index contributed by atoms with van der Waals surface area (Å²) in [6.45, 7) is 5.38. The van der Waals surface area contributed by atoms with Gasteiger partial charge in [0.25, 0.3) is 0 Å². The van der Waals surface area contributed by atoms with Crippen molar-refractivity contribution in [3.8, 4) is 0 Å². The molecule has 1 aliphatic heterocycles. The summed E-state index contributed by atoms with van der Waals surface area (Å²) in [4.78, 5) is 35.1. The number of thioether (sulfide) groups is 2. The molecule has 0 saturated heterocycles. The number of aliphatic imine (C=N–C) groups is 2. The second kappa shape index (κ2) is 10.2. The minimum atomic E-state index is -1.60. The Morgan fingerprint density at radius 1 is 1.17 bits per heavy atom. The lowest BCUT2D eigenvalue weighted by Crippen LogP contribution is -2.62. The third kappa shape index (κ3) is 4.30. The highest BCUT2D eigenvalue weighted by Gasteiger charge is 2.66. The average Bonchev–Trinajstić information content (AvgIpc) is 3.19. The lowest BCUT2D eigenvalue weighted by atomic mass is 9.71. The lowest BCUT2D eigenvalue weighted by Gasteiger charge is -2.42.